The Bertz CT molecular complexity index is 707. The Balaban J connectivity index is 1.85. The predicted octanol–water partition coefficient (Wildman–Crippen LogP) is 1.08. The van der Waals surface area contributed by atoms with E-state index in [1.165, 1.54) is 11.2 Å². The molecule has 7 nitrogen and oxygen atoms in total. The van der Waals surface area contributed by atoms with Gasteiger partial charge < -0.3 is 10.1 Å². The van der Waals surface area contributed by atoms with Crippen LogP contribution in [0.1, 0.15) is 25.3 Å². The Hall–Kier alpha value is -1.93. The number of nitrogens with one attached hydrogen (secondary N) is 1. The van der Waals surface area contributed by atoms with E-state index in [-0.39, 0.29) is 35.8 Å². The summed E-state index contributed by atoms with van der Waals surface area (Å²) >= 11 is 0. The summed E-state index contributed by atoms with van der Waals surface area (Å²) < 4.78 is 31.8. The van der Waals surface area contributed by atoms with Crippen molar-refractivity contribution in [3.63, 3.8) is 0 Å². The lowest BCUT2D eigenvalue weighted by atomic mass is 9.98. The van der Waals surface area contributed by atoms with Gasteiger partial charge in [0.1, 0.15) is 6.61 Å². The largest absolute Gasteiger partial charge is 0.464 e. The van der Waals surface area contributed by atoms with Crippen molar-refractivity contribution in [3.8, 4) is 0 Å². The average Bonchev–Trinajstić information content (AvgIpc) is 2.59. The van der Waals surface area contributed by atoms with Crippen molar-refractivity contribution in [2.24, 2.45) is 5.92 Å². The van der Waals surface area contributed by atoms with Crippen LogP contribution in [0.3, 0.4) is 0 Å². The van der Waals surface area contributed by atoms with Crippen molar-refractivity contribution in [1.29, 1.82) is 0 Å². The number of piperidine rings is 1. The number of carbonyl (C=O) groups excluding carboxylic acids is 2. The van der Waals surface area contributed by atoms with Gasteiger partial charge in [0, 0.05) is 20.0 Å². The quantitative estimate of drug-likeness (QED) is 0.599. The van der Waals surface area contributed by atoms with Crippen LogP contribution in [-0.4, -0.2) is 50.8 Å². The van der Waals surface area contributed by atoms with Crippen LogP contribution in [-0.2, 0) is 24.3 Å². The molecule has 1 aliphatic heterocycles. The number of nitrogens with zero attached hydrogens (tertiary/aromatic N) is 1. The molecule has 0 radical (unpaired) electrons. The minimum Gasteiger partial charge on any atom is -0.464 e. The van der Waals surface area contributed by atoms with Crippen molar-refractivity contribution in [3.05, 3.63) is 29.8 Å². The normalized spacial score (nSPS) is 16.4. The van der Waals surface area contributed by atoms with Gasteiger partial charge in [-0.15, -0.1) is 0 Å². The molecule has 1 N–H and O–H groups in total. The number of hydrogen-bond acceptors (Lipinski definition) is 5. The van der Waals surface area contributed by atoms with E-state index in [0.717, 1.165) is 5.56 Å². The van der Waals surface area contributed by atoms with Crippen molar-refractivity contribution >= 4 is 21.9 Å². The van der Waals surface area contributed by atoms with E-state index in [1.54, 1.807) is 24.3 Å². The number of sulfonamides is 1. The van der Waals surface area contributed by atoms with E-state index in [9.17, 15) is 18.0 Å². The van der Waals surface area contributed by atoms with Gasteiger partial charge in [0.15, 0.2) is 0 Å². The molecule has 1 saturated heterocycles. The first-order valence-corrected chi connectivity index (χ1v) is 9.72. The first-order valence-electron chi connectivity index (χ1n) is 8.28. The summed E-state index contributed by atoms with van der Waals surface area (Å²) in [6, 6.07) is 6.75. The second-order valence-corrected chi connectivity index (χ2v) is 8.08. The van der Waals surface area contributed by atoms with Gasteiger partial charge in [-0.3, -0.25) is 9.59 Å². The number of amides is 1. The number of ether oxygens (including phenoxy) is 1. The molecule has 25 heavy (non-hydrogen) atoms. The summed E-state index contributed by atoms with van der Waals surface area (Å²) in [6.07, 6.45) is 0.869. The molecule has 0 aromatic heterocycles. The third kappa shape index (κ3) is 5.27. The summed E-state index contributed by atoms with van der Waals surface area (Å²) in [6.45, 7) is 4.29. The van der Waals surface area contributed by atoms with E-state index < -0.39 is 10.0 Å². The van der Waals surface area contributed by atoms with Gasteiger partial charge in [-0.1, -0.05) is 17.7 Å². The van der Waals surface area contributed by atoms with Crippen LogP contribution in [0, 0.1) is 12.8 Å². The lowest BCUT2D eigenvalue weighted by Gasteiger charge is -2.30. The zero-order valence-electron chi connectivity index (χ0n) is 14.5. The monoisotopic (exact) mass is 368 g/mol. The Morgan fingerprint density at radius 1 is 1.20 bits per heavy atom. The molecule has 1 aliphatic rings. The Morgan fingerprint density at radius 3 is 2.36 bits per heavy atom. The van der Waals surface area contributed by atoms with Gasteiger partial charge in [0.2, 0.25) is 15.9 Å². The molecule has 1 amide bonds. The highest BCUT2D eigenvalue weighted by atomic mass is 32.2. The molecule has 0 saturated carbocycles. The fourth-order valence-corrected chi connectivity index (χ4v) is 4.16. The van der Waals surface area contributed by atoms with Gasteiger partial charge in [-0.25, -0.2) is 8.42 Å². The third-order valence-corrected chi connectivity index (χ3v) is 6.08. The molecule has 1 aromatic rings. The van der Waals surface area contributed by atoms with E-state index in [1.807, 2.05) is 6.92 Å². The van der Waals surface area contributed by atoms with E-state index >= 15 is 0 Å². The van der Waals surface area contributed by atoms with Crippen LogP contribution in [0.25, 0.3) is 0 Å². The van der Waals surface area contributed by atoms with Crippen LogP contribution in [0.5, 0.6) is 0 Å². The number of aryl methyl sites for hydroxylation is 1. The summed E-state index contributed by atoms with van der Waals surface area (Å²) in [5.41, 5.74) is 1.000. The summed E-state index contributed by atoms with van der Waals surface area (Å²) in [4.78, 5) is 23.0. The van der Waals surface area contributed by atoms with Crippen LogP contribution in [0.15, 0.2) is 29.2 Å². The molecular weight excluding hydrogens is 344 g/mol. The minimum atomic E-state index is -3.52. The highest BCUT2D eigenvalue weighted by Gasteiger charge is 2.32. The fourth-order valence-electron chi connectivity index (χ4n) is 2.69. The maximum atomic E-state index is 12.6. The second kappa shape index (κ2) is 8.44. The molecule has 0 unspecified atom stereocenters. The summed E-state index contributed by atoms with van der Waals surface area (Å²) in [5.74, 6) is -0.815. The lowest BCUT2D eigenvalue weighted by Crippen LogP contribution is -2.40. The van der Waals surface area contributed by atoms with Gasteiger partial charge in [0.05, 0.1) is 17.4 Å². The van der Waals surface area contributed by atoms with Crippen molar-refractivity contribution in [2.45, 2.75) is 31.6 Å². The molecule has 2 rings (SSSR count). The molecule has 0 aliphatic carbocycles. The maximum Gasteiger partial charge on any atom is 0.309 e. The lowest BCUT2D eigenvalue weighted by molar-refractivity contribution is -0.150. The number of carbonyl (C=O) groups is 2. The van der Waals surface area contributed by atoms with Crippen molar-refractivity contribution in [1.82, 2.24) is 9.62 Å². The van der Waals surface area contributed by atoms with E-state index in [4.69, 9.17) is 4.74 Å². The predicted molar refractivity (Wildman–Crippen MR) is 92.3 cm³/mol. The summed E-state index contributed by atoms with van der Waals surface area (Å²) in [5, 5.41) is 2.55. The molecule has 0 bridgehead atoms. The number of hydrogen-bond donors (Lipinski definition) is 1. The minimum absolute atomic E-state index is 0.125. The first kappa shape index (κ1) is 19.4. The Labute approximate surface area is 148 Å². The highest BCUT2D eigenvalue weighted by molar-refractivity contribution is 7.89. The van der Waals surface area contributed by atoms with Crippen molar-refractivity contribution < 1.29 is 22.7 Å². The van der Waals surface area contributed by atoms with Crippen molar-refractivity contribution in [2.75, 3.05) is 26.2 Å². The van der Waals surface area contributed by atoms with Gasteiger partial charge in [-0.2, -0.15) is 4.31 Å². The number of rotatable bonds is 6. The average molecular weight is 368 g/mol. The molecule has 1 aromatic carbocycles. The molecule has 1 heterocycles. The molecule has 1 fully saturated rings. The fraction of sp³-hybridized carbons (Fsp3) is 0.529. The molecule has 8 heteroatoms. The standard InChI is InChI=1S/C17H24N2O5S/c1-13-3-5-16(6-4-13)25(22,23)19-10-7-15(8-11-19)17(21)24-12-9-18-14(2)20/h3-6,15H,7-12H2,1-2H3,(H,18,20). The van der Waals surface area contributed by atoms with E-state index in [0.29, 0.717) is 25.9 Å². The van der Waals surface area contributed by atoms with E-state index in [2.05, 4.69) is 5.32 Å². The molecular formula is C17H24N2O5S. The topological polar surface area (TPSA) is 92.8 Å². The zero-order valence-corrected chi connectivity index (χ0v) is 15.3. The SMILES string of the molecule is CC(=O)NCCOC(=O)C1CCN(S(=O)(=O)c2ccc(C)cc2)CC1. The molecule has 0 spiro atoms. The van der Waals surface area contributed by atoms with Crippen LogP contribution in [0.4, 0.5) is 0 Å². The second-order valence-electron chi connectivity index (χ2n) is 6.14. The number of esters is 1. The highest BCUT2D eigenvalue weighted by Crippen LogP contribution is 2.24. The zero-order chi connectivity index (χ0) is 18.4. The number of benzene rings is 1. The molecule has 138 valence electrons. The van der Waals surface area contributed by atoms with Crippen LogP contribution in [0.2, 0.25) is 0 Å². The van der Waals surface area contributed by atoms with Gasteiger partial charge >= 0.3 is 5.97 Å². The first-order chi connectivity index (χ1) is 11.8. The third-order valence-electron chi connectivity index (χ3n) is 4.17. The maximum absolute atomic E-state index is 12.6. The summed E-state index contributed by atoms with van der Waals surface area (Å²) in [7, 11) is -3.52. The van der Waals surface area contributed by atoms with Crippen LogP contribution < -0.4 is 5.32 Å². The van der Waals surface area contributed by atoms with Crippen LogP contribution >= 0.6 is 0 Å². The van der Waals surface area contributed by atoms with Gasteiger partial charge in [0.25, 0.3) is 0 Å². The Kier molecular flexibility index (Phi) is 6.55. The smallest absolute Gasteiger partial charge is 0.309 e. The Morgan fingerprint density at radius 2 is 1.80 bits per heavy atom. The molecule has 0 atom stereocenters. The van der Waals surface area contributed by atoms with Gasteiger partial charge in [-0.05, 0) is 31.9 Å².